The lowest BCUT2D eigenvalue weighted by atomic mass is 9.77. The zero-order valence-electron chi connectivity index (χ0n) is 7.75. The van der Waals surface area contributed by atoms with Crippen molar-refractivity contribution in [2.75, 3.05) is 0 Å². The van der Waals surface area contributed by atoms with Crippen LogP contribution in [0.2, 0.25) is 0 Å². The first kappa shape index (κ1) is 7.78. The Balaban J connectivity index is 2.10. The van der Waals surface area contributed by atoms with Crippen LogP contribution in [0.25, 0.3) is 0 Å². The van der Waals surface area contributed by atoms with Gasteiger partial charge in [0.25, 0.3) is 0 Å². The number of pyridine rings is 1. The Morgan fingerprint density at radius 1 is 1.58 bits per heavy atom. The Kier molecular flexibility index (Phi) is 1.87. The summed E-state index contributed by atoms with van der Waals surface area (Å²) in [6, 6.07) is 4.23. The molecule has 0 N–H and O–H groups in total. The van der Waals surface area contributed by atoms with E-state index >= 15 is 0 Å². The molecule has 0 fully saturated rings. The van der Waals surface area contributed by atoms with Crippen molar-refractivity contribution in [3.63, 3.8) is 0 Å². The van der Waals surface area contributed by atoms with Gasteiger partial charge in [-0.1, -0.05) is 19.9 Å². The number of nitrogens with zero attached hydrogens (tertiary/aromatic N) is 1. The summed E-state index contributed by atoms with van der Waals surface area (Å²) in [7, 11) is 0. The molecule has 1 atom stereocenters. The predicted octanol–water partition coefficient (Wildman–Crippen LogP) is 2.77. The molecule has 0 aliphatic heterocycles. The molecule has 1 unspecified atom stereocenters. The van der Waals surface area contributed by atoms with Crippen LogP contribution in [0.3, 0.4) is 0 Å². The monoisotopic (exact) mass is 161 g/mol. The molecule has 1 aromatic rings. The third-order valence-corrected chi connectivity index (χ3v) is 2.54. The van der Waals surface area contributed by atoms with Crippen molar-refractivity contribution in [2.45, 2.75) is 32.6 Å². The standard InChI is InChI=1S/C11H15N/c1-8(2)6-10-7-9-4-3-5-12-11(9)10/h3-5,8,10H,6-7H2,1-2H3. The Hall–Kier alpha value is -0.850. The van der Waals surface area contributed by atoms with Gasteiger partial charge in [0.1, 0.15) is 0 Å². The summed E-state index contributed by atoms with van der Waals surface area (Å²) in [6.45, 7) is 4.56. The molecule has 0 spiro atoms. The second-order valence-electron chi connectivity index (χ2n) is 4.08. The van der Waals surface area contributed by atoms with Gasteiger partial charge in [0.05, 0.1) is 0 Å². The van der Waals surface area contributed by atoms with Crippen LogP contribution in [0.1, 0.15) is 37.4 Å². The second-order valence-corrected chi connectivity index (χ2v) is 4.08. The van der Waals surface area contributed by atoms with Gasteiger partial charge in [-0.15, -0.1) is 0 Å². The van der Waals surface area contributed by atoms with E-state index in [0.29, 0.717) is 0 Å². The van der Waals surface area contributed by atoms with Gasteiger partial charge in [-0.25, -0.2) is 0 Å². The van der Waals surface area contributed by atoms with Crippen molar-refractivity contribution in [1.82, 2.24) is 4.98 Å². The minimum atomic E-state index is 0.751. The first-order chi connectivity index (χ1) is 5.77. The molecule has 0 saturated heterocycles. The second kappa shape index (κ2) is 2.89. The van der Waals surface area contributed by atoms with Crippen molar-refractivity contribution in [2.24, 2.45) is 5.92 Å². The maximum Gasteiger partial charge on any atom is 0.0470 e. The van der Waals surface area contributed by atoms with E-state index in [-0.39, 0.29) is 0 Å². The zero-order valence-corrected chi connectivity index (χ0v) is 7.75. The third-order valence-electron chi connectivity index (χ3n) is 2.54. The minimum absolute atomic E-state index is 0.751. The lowest BCUT2D eigenvalue weighted by Crippen LogP contribution is -2.20. The first-order valence-electron chi connectivity index (χ1n) is 4.71. The minimum Gasteiger partial charge on any atom is -0.261 e. The van der Waals surface area contributed by atoms with Crippen molar-refractivity contribution in [3.8, 4) is 0 Å². The van der Waals surface area contributed by atoms with Gasteiger partial charge >= 0.3 is 0 Å². The molecular weight excluding hydrogens is 146 g/mol. The fourth-order valence-corrected chi connectivity index (χ4v) is 1.99. The van der Waals surface area contributed by atoms with Crippen molar-refractivity contribution >= 4 is 0 Å². The van der Waals surface area contributed by atoms with Crippen LogP contribution in [0.5, 0.6) is 0 Å². The fourth-order valence-electron chi connectivity index (χ4n) is 1.99. The average molecular weight is 161 g/mol. The molecule has 1 aliphatic carbocycles. The van der Waals surface area contributed by atoms with E-state index in [1.165, 1.54) is 24.1 Å². The number of fused-ring (bicyclic) bond motifs is 1. The summed E-state index contributed by atoms with van der Waals surface area (Å²) in [5, 5.41) is 0. The smallest absolute Gasteiger partial charge is 0.0470 e. The third kappa shape index (κ3) is 1.24. The summed E-state index contributed by atoms with van der Waals surface area (Å²) in [5.74, 6) is 1.55. The quantitative estimate of drug-likeness (QED) is 0.650. The van der Waals surface area contributed by atoms with Gasteiger partial charge in [-0.2, -0.15) is 0 Å². The van der Waals surface area contributed by atoms with Crippen LogP contribution in [0, 0.1) is 5.92 Å². The van der Waals surface area contributed by atoms with Crippen LogP contribution >= 0.6 is 0 Å². The van der Waals surface area contributed by atoms with Gasteiger partial charge in [0, 0.05) is 17.8 Å². The normalized spacial score (nSPS) is 20.4. The Morgan fingerprint density at radius 2 is 2.42 bits per heavy atom. The highest BCUT2D eigenvalue weighted by atomic mass is 14.7. The molecule has 1 aliphatic rings. The van der Waals surface area contributed by atoms with E-state index in [2.05, 4.69) is 24.9 Å². The summed E-state index contributed by atoms with van der Waals surface area (Å²) >= 11 is 0. The zero-order chi connectivity index (χ0) is 8.55. The van der Waals surface area contributed by atoms with Crippen molar-refractivity contribution < 1.29 is 0 Å². The van der Waals surface area contributed by atoms with Gasteiger partial charge in [-0.05, 0) is 30.4 Å². The molecule has 0 saturated carbocycles. The first-order valence-corrected chi connectivity index (χ1v) is 4.71. The summed E-state index contributed by atoms with van der Waals surface area (Å²) < 4.78 is 0. The van der Waals surface area contributed by atoms with E-state index in [1.54, 1.807) is 0 Å². The molecule has 0 bridgehead atoms. The summed E-state index contributed by atoms with van der Waals surface area (Å²) in [4.78, 5) is 4.40. The molecule has 2 rings (SSSR count). The molecule has 0 radical (unpaired) electrons. The van der Waals surface area contributed by atoms with Crippen LogP contribution in [-0.2, 0) is 6.42 Å². The van der Waals surface area contributed by atoms with E-state index in [4.69, 9.17) is 0 Å². The SMILES string of the molecule is CC(C)CC1Cc2cccnc21. The maximum atomic E-state index is 4.40. The van der Waals surface area contributed by atoms with E-state index in [0.717, 1.165) is 11.8 Å². The van der Waals surface area contributed by atoms with E-state index in [9.17, 15) is 0 Å². The van der Waals surface area contributed by atoms with Crippen molar-refractivity contribution in [3.05, 3.63) is 29.6 Å². The lowest BCUT2D eigenvalue weighted by molar-refractivity contribution is 0.451. The Bertz CT molecular complexity index is 278. The van der Waals surface area contributed by atoms with Gasteiger partial charge in [0.2, 0.25) is 0 Å². The predicted molar refractivity (Wildman–Crippen MR) is 50.1 cm³/mol. The molecule has 0 aromatic carbocycles. The molecular formula is C11H15N. The highest BCUT2D eigenvalue weighted by Crippen LogP contribution is 2.37. The summed E-state index contributed by atoms with van der Waals surface area (Å²) in [6.07, 6.45) is 4.46. The van der Waals surface area contributed by atoms with E-state index in [1.807, 2.05) is 12.3 Å². The van der Waals surface area contributed by atoms with Crippen LogP contribution in [0.4, 0.5) is 0 Å². The highest BCUT2D eigenvalue weighted by Gasteiger charge is 2.27. The van der Waals surface area contributed by atoms with Crippen LogP contribution < -0.4 is 0 Å². The summed E-state index contributed by atoms with van der Waals surface area (Å²) in [5.41, 5.74) is 2.81. The molecule has 64 valence electrons. The number of hydrogen-bond donors (Lipinski definition) is 0. The van der Waals surface area contributed by atoms with Gasteiger partial charge in [0.15, 0.2) is 0 Å². The molecule has 1 nitrogen and oxygen atoms in total. The molecule has 1 aromatic heterocycles. The average Bonchev–Trinajstić information content (AvgIpc) is 2.00. The number of rotatable bonds is 2. The molecule has 0 amide bonds. The molecule has 12 heavy (non-hydrogen) atoms. The van der Waals surface area contributed by atoms with Gasteiger partial charge in [-0.3, -0.25) is 4.98 Å². The number of aromatic nitrogens is 1. The van der Waals surface area contributed by atoms with Crippen LogP contribution in [-0.4, -0.2) is 4.98 Å². The fraction of sp³-hybridized carbons (Fsp3) is 0.545. The topological polar surface area (TPSA) is 12.9 Å². The Morgan fingerprint density at radius 3 is 3.08 bits per heavy atom. The molecule has 1 heteroatoms. The largest absolute Gasteiger partial charge is 0.261 e. The van der Waals surface area contributed by atoms with Crippen LogP contribution in [0.15, 0.2) is 18.3 Å². The van der Waals surface area contributed by atoms with E-state index < -0.39 is 0 Å². The molecule has 1 heterocycles. The number of hydrogen-bond acceptors (Lipinski definition) is 1. The van der Waals surface area contributed by atoms with Gasteiger partial charge < -0.3 is 0 Å². The lowest BCUT2D eigenvalue weighted by Gasteiger charge is -2.29. The Labute approximate surface area is 73.8 Å². The van der Waals surface area contributed by atoms with Crippen molar-refractivity contribution in [1.29, 1.82) is 0 Å². The highest BCUT2D eigenvalue weighted by molar-refractivity contribution is 5.33. The maximum absolute atomic E-state index is 4.40.